The summed E-state index contributed by atoms with van der Waals surface area (Å²) in [6.07, 6.45) is -43.6. The zero-order valence-electron chi connectivity index (χ0n) is 31.1. The number of rotatable bonds is 13. The van der Waals surface area contributed by atoms with Crippen molar-refractivity contribution >= 4 is 5.91 Å². The van der Waals surface area contributed by atoms with Crippen LogP contribution >= 0.6 is 0 Å². The molecule has 0 aromatic rings. The fourth-order valence-corrected chi connectivity index (χ4v) is 7.37. The molecule has 0 saturated carbocycles. The third-order valence-electron chi connectivity index (χ3n) is 10.7. The van der Waals surface area contributed by atoms with Gasteiger partial charge in [-0.1, -0.05) is 0 Å². The molecular weight excluding hydrogens is 798 g/mol. The maximum atomic E-state index is 12.8. The number of amides is 1. The zero-order valence-corrected chi connectivity index (χ0v) is 31.1. The van der Waals surface area contributed by atoms with Crippen LogP contribution in [-0.2, 0) is 47.4 Å². The average Bonchev–Trinajstić information content (AvgIpc) is 3.19. The highest BCUT2D eigenvalue weighted by Crippen LogP contribution is 2.36. The second-order valence-corrected chi connectivity index (χ2v) is 14.7. The molecule has 16 N–H and O–H groups in total. The quantitative estimate of drug-likeness (QED) is 0.0818. The van der Waals surface area contributed by atoms with E-state index in [2.05, 4.69) is 5.32 Å². The van der Waals surface area contributed by atoms with Crippen molar-refractivity contribution in [3.8, 4) is 0 Å². The van der Waals surface area contributed by atoms with Gasteiger partial charge < -0.3 is 125 Å². The molecule has 0 aromatic carbocycles. The summed E-state index contributed by atoms with van der Waals surface area (Å²) < 4.78 is 51.4. The first-order valence-electron chi connectivity index (χ1n) is 18.5. The van der Waals surface area contributed by atoms with Crippen molar-refractivity contribution in [3.63, 3.8) is 0 Å². The predicted molar refractivity (Wildman–Crippen MR) is 177 cm³/mol. The number of carbonyl (C=O) groups excluding carboxylic acids is 1. The van der Waals surface area contributed by atoms with Gasteiger partial charge in [-0.25, -0.2) is 0 Å². The topological polar surface area (TPSA) is 416 Å². The molecule has 0 aromatic heterocycles. The lowest BCUT2D eigenvalue weighted by atomic mass is 9.93. The maximum Gasteiger partial charge on any atom is 0.217 e. The van der Waals surface area contributed by atoms with Gasteiger partial charge in [0.2, 0.25) is 5.91 Å². The minimum atomic E-state index is -2.12. The molecule has 26 nitrogen and oxygen atoms in total. The van der Waals surface area contributed by atoms with Gasteiger partial charge in [-0.3, -0.25) is 4.79 Å². The van der Waals surface area contributed by atoms with E-state index in [1.165, 1.54) is 6.92 Å². The van der Waals surface area contributed by atoms with Crippen LogP contribution in [0.25, 0.3) is 0 Å². The molecule has 5 aliphatic rings. The molecule has 0 radical (unpaired) electrons. The number of nitrogens with one attached hydrogen (secondary N) is 1. The summed E-state index contributed by atoms with van der Waals surface area (Å²) >= 11 is 0. The molecule has 5 saturated heterocycles. The Kier molecular flexibility index (Phi) is 16.5. The van der Waals surface area contributed by atoms with Gasteiger partial charge in [-0.05, 0) is 6.92 Å². The molecule has 0 bridgehead atoms. The van der Waals surface area contributed by atoms with E-state index >= 15 is 0 Å². The number of hydrogen-bond donors (Lipinski definition) is 16. The first-order chi connectivity index (χ1) is 27.4. The number of ether oxygens (including phenoxy) is 9. The first-order valence-corrected chi connectivity index (χ1v) is 18.5. The summed E-state index contributed by atoms with van der Waals surface area (Å²) in [7, 11) is 0. The lowest BCUT2D eigenvalue weighted by molar-refractivity contribution is -0.391. The van der Waals surface area contributed by atoms with E-state index in [9.17, 15) is 81.4 Å². The van der Waals surface area contributed by atoms with Gasteiger partial charge in [-0.2, -0.15) is 0 Å². The summed E-state index contributed by atoms with van der Waals surface area (Å²) in [5, 5.41) is 159. The van der Waals surface area contributed by atoms with E-state index in [0.29, 0.717) is 0 Å². The molecule has 338 valence electrons. The van der Waals surface area contributed by atoms with Gasteiger partial charge >= 0.3 is 0 Å². The minimum Gasteiger partial charge on any atom is -0.394 e. The van der Waals surface area contributed by atoms with Gasteiger partial charge in [-0.15, -0.1) is 0 Å². The Morgan fingerprint density at radius 1 is 0.448 bits per heavy atom. The first kappa shape index (κ1) is 47.6. The Morgan fingerprint density at radius 2 is 0.897 bits per heavy atom. The Morgan fingerprint density at radius 3 is 1.47 bits per heavy atom. The molecule has 5 heterocycles. The SMILES string of the molecule is CC(=O)N[C@H]1[C@H](O[C@H]2[C@@H](O)[C@@H](CO)O[C@@H](O[C@H]3[C@H](O)[C@@H](O)C(O)O[C@@H]3CO)[C@@H]2O)O[C@H](CO)[C@@H](O[C@@H]2O[C@@H](C)[C@@H](O)[C@@H](O)[C@@H]2O)[C@@H]1O[C@@H]1O[C@H](CO)[C@H](O)[C@H](O)[C@H]1O. The molecule has 26 heteroatoms. The molecule has 5 aliphatic heterocycles. The molecule has 0 spiro atoms. The van der Waals surface area contributed by atoms with Gasteiger partial charge in [0.25, 0.3) is 0 Å². The van der Waals surface area contributed by atoms with E-state index in [1.54, 1.807) is 0 Å². The lowest BCUT2D eigenvalue weighted by Crippen LogP contribution is -2.71. The Bertz CT molecular complexity index is 1300. The van der Waals surface area contributed by atoms with Crippen molar-refractivity contribution in [1.82, 2.24) is 5.32 Å². The van der Waals surface area contributed by atoms with Crippen molar-refractivity contribution in [2.45, 2.75) is 167 Å². The van der Waals surface area contributed by atoms with Crippen LogP contribution in [0.1, 0.15) is 13.8 Å². The molecule has 0 aliphatic carbocycles. The van der Waals surface area contributed by atoms with Crippen molar-refractivity contribution in [2.24, 2.45) is 0 Å². The van der Waals surface area contributed by atoms with Crippen LogP contribution in [0, 0.1) is 0 Å². The third kappa shape index (κ3) is 9.75. The molecule has 5 rings (SSSR count). The smallest absolute Gasteiger partial charge is 0.217 e. The van der Waals surface area contributed by atoms with Crippen LogP contribution in [0.4, 0.5) is 0 Å². The predicted octanol–water partition coefficient (Wildman–Crippen LogP) is -10.8. The van der Waals surface area contributed by atoms with Crippen LogP contribution in [-0.4, -0.2) is 262 Å². The molecule has 25 atom stereocenters. The fraction of sp³-hybridized carbons (Fsp3) is 0.969. The zero-order chi connectivity index (χ0) is 42.9. The van der Waals surface area contributed by atoms with Crippen LogP contribution < -0.4 is 5.32 Å². The monoisotopic (exact) mass is 853 g/mol. The van der Waals surface area contributed by atoms with Crippen LogP contribution in [0.3, 0.4) is 0 Å². The fourth-order valence-electron chi connectivity index (χ4n) is 7.37. The Labute approximate surface area is 329 Å². The largest absolute Gasteiger partial charge is 0.394 e. The highest BCUT2D eigenvalue weighted by Gasteiger charge is 2.57. The number of carbonyl (C=O) groups is 1. The van der Waals surface area contributed by atoms with Gasteiger partial charge in [0.05, 0.1) is 32.5 Å². The second kappa shape index (κ2) is 20.1. The third-order valence-corrected chi connectivity index (χ3v) is 10.7. The molecular formula is C32H55NO25. The van der Waals surface area contributed by atoms with E-state index in [1.807, 2.05) is 0 Å². The number of aliphatic hydroxyl groups is 15. The van der Waals surface area contributed by atoms with Crippen molar-refractivity contribution in [1.29, 1.82) is 0 Å². The van der Waals surface area contributed by atoms with Crippen molar-refractivity contribution in [3.05, 3.63) is 0 Å². The van der Waals surface area contributed by atoms with Crippen LogP contribution in [0.5, 0.6) is 0 Å². The highest BCUT2D eigenvalue weighted by atomic mass is 16.8. The van der Waals surface area contributed by atoms with E-state index in [0.717, 1.165) is 6.92 Å². The van der Waals surface area contributed by atoms with E-state index in [4.69, 9.17) is 42.6 Å². The number of hydrogen-bond acceptors (Lipinski definition) is 25. The van der Waals surface area contributed by atoms with Gasteiger partial charge in [0, 0.05) is 6.92 Å². The minimum absolute atomic E-state index is 0.837. The molecule has 58 heavy (non-hydrogen) atoms. The lowest BCUT2D eigenvalue weighted by Gasteiger charge is -2.51. The summed E-state index contributed by atoms with van der Waals surface area (Å²) in [5.41, 5.74) is 0. The Hall–Kier alpha value is -1.49. The van der Waals surface area contributed by atoms with Crippen LogP contribution in [0.2, 0.25) is 0 Å². The summed E-state index contributed by atoms with van der Waals surface area (Å²) in [4.78, 5) is 12.8. The summed E-state index contributed by atoms with van der Waals surface area (Å²) in [6.45, 7) is -1.37. The average molecular weight is 854 g/mol. The van der Waals surface area contributed by atoms with E-state index < -0.39 is 186 Å². The van der Waals surface area contributed by atoms with Gasteiger partial charge in [0.15, 0.2) is 31.5 Å². The Balaban J connectivity index is 1.50. The molecule has 1 unspecified atom stereocenters. The normalized spacial score (nSPS) is 51.6. The second-order valence-electron chi connectivity index (χ2n) is 14.7. The number of aliphatic hydroxyl groups excluding tert-OH is 15. The van der Waals surface area contributed by atoms with Gasteiger partial charge in [0.1, 0.15) is 116 Å². The van der Waals surface area contributed by atoms with Crippen LogP contribution in [0.15, 0.2) is 0 Å². The molecule has 5 fully saturated rings. The molecule has 1 amide bonds. The van der Waals surface area contributed by atoms with Crippen molar-refractivity contribution in [2.75, 3.05) is 26.4 Å². The maximum absolute atomic E-state index is 12.8. The highest BCUT2D eigenvalue weighted by molar-refractivity contribution is 5.73. The summed E-state index contributed by atoms with van der Waals surface area (Å²) in [5.74, 6) is -0.837. The standard InChI is InChI=1S/C32H55NO25/c1-7-14(39)17(42)21(46)30(50-7)56-25-12(6-37)54-29(13(33-8(2)38)26(25)57-31-22(47)18(43)15(40)9(3-34)52-31)58-27-16(41)10(4-35)53-32(23(27)48)55-24-11(5-36)51-28(49)20(45)19(24)44/h7,9-32,34-37,39-49H,3-6H2,1-2H3,(H,33,38)/t7-,9+,10+,11+,12+,13+,14+,15-,16-,17+,18-,19+,20+,21-,22+,23+,24+,25+,26+,27-,28?,29-,30-,31-,32-/m0/s1. The summed E-state index contributed by atoms with van der Waals surface area (Å²) in [6, 6.07) is -1.75. The van der Waals surface area contributed by atoms with E-state index in [-0.39, 0.29) is 0 Å². The van der Waals surface area contributed by atoms with Crippen molar-refractivity contribution < 1.29 is 124 Å².